The van der Waals surface area contributed by atoms with Crippen LogP contribution in [0.25, 0.3) is 0 Å². The van der Waals surface area contributed by atoms with Gasteiger partial charge in [-0.2, -0.15) is 0 Å². The topological polar surface area (TPSA) is 60.0 Å². The van der Waals surface area contributed by atoms with Crippen molar-refractivity contribution in [3.63, 3.8) is 0 Å². The number of phenols is 1. The second kappa shape index (κ2) is 3.84. The molecular formula is C11H13NO4. The van der Waals surface area contributed by atoms with Gasteiger partial charge >= 0.3 is 0 Å². The van der Waals surface area contributed by atoms with Crippen LogP contribution in [0.1, 0.15) is 11.7 Å². The lowest BCUT2D eigenvalue weighted by Gasteiger charge is -2.24. The zero-order valence-electron chi connectivity index (χ0n) is 8.73. The molecule has 0 saturated carbocycles. The lowest BCUT2D eigenvalue weighted by Crippen LogP contribution is -2.33. The van der Waals surface area contributed by atoms with E-state index in [1.165, 1.54) is 0 Å². The van der Waals surface area contributed by atoms with Gasteiger partial charge < -0.3 is 24.6 Å². The van der Waals surface area contributed by atoms with Gasteiger partial charge in [-0.05, 0) is 17.7 Å². The van der Waals surface area contributed by atoms with E-state index in [4.69, 9.17) is 14.2 Å². The Morgan fingerprint density at radius 1 is 1.31 bits per heavy atom. The first-order chi connectivity index (χ1) is 7.84. The third-order valence-corrected chi connectivity index (χ3v) is 2.77. The Bertz CT molecular complexity index is 401. The van der Waals surface area contributed by atoms with E-state index in [2.05, 4.69) is 5.32 Å². The summed E-state index contributed by atoms with van der Waals surface area (Å²) in [6.07, 6.45) is -0.0332. The molecule has 0 spiro atoms. The van der Waals surface area contributed by atoms with Crippen molar-refractivity contribution in [3.05, 3.63) is 17.7 Å². The first-order valence-electron chi connectivity index (χ1n) is 5.29. The molecular weight excluding hydrogens is 210 g/mol. The van der Waals surface area contributed by atoms with E-state index < -0.39 is 0 Å². The van der Waals surface area contributed by atoms with Gasteiger partial charge in [-0.1, -0.05) is 0 Å². The molecule has 1 saturated heterocycles. The molecule has 1 unspecified atom stereocenters. The number of aromatic hydroxyl groups is 1. The molecule has 5 heteroatoms. The molecule has 1 aromatic rings. The summed E-state index contributed by atoms with van der Waals surface area (Å²) in [7, 11) is 0. The summed E-state index contributed by atoms with van der Waals surface area (Å²) in [5.74, 6) is 1.12. The number of ether oxygens (including phenoxy) is 3. The summed E-state index contributed by atoms with van der Waals surface area (Å²) >= 11 is 0. The first kappa shape index (κ1) is 9.74. The lowest BCUT2D eigenvalue weighted by atomic mass is 10.1. The summed E-state index contributed by atoms with van der Waals surface area (Å²) in [6, 6.07) is 3.53. The fraction of sp³-hybridized carbons (Fsp3) is 0.455. The van der Waals surface area contributed by atoms with Crippen LogP contribution >= 0.6 is 0 Å². The Morgan fingerprint density at radius 2 is 2.25 bits per heavy atom. The van der Waals surface area contributed by atoms with Crippen molar-refractivity contribution in [1.82, 2.24) is 5.32 Å². The van der Waals surface area contributed by atoms with Crippen LogP contribution in [0.2, 0.25) is 0 Å². The highest BCUT2D eigenvalue weighted by Crippen LogP contribution is 2.42. The maximum absolute atomic E-state index is 9.76. The molecule has 0 radical (unpaired) electrons. The zero-order valence-corrected chi connectivity index (χ0v) is 8.73. The molecule has 5 nitrogen and oxygen atoms in total. The van der Waals surface area contributed by atoms with Crippen molar-refractivity contribution in [1.29, 1.82) is 0 Å². The van der Waals surface area contributed by atoms with Crippen molar-refractivity contribution in [2.45, 2.75) is 6.10 Å². The minimum Gasteiger partial charge on any atom is -0.504 e. The minimum absolute atomic E-state index is 0.0332. The Morgan fingerprint density at radius 3 is 3.06 bits per heavy atom. The van der Waals surface area contributed by atoms with Crippen LogP contribution in [0, 0.1) is 0 Å². The average molecular weight is 223 g/mol. The standard InChI is InChI=1S/C11H13NO4/c13-8-3-7(10-5-12-1-2-14-10)4-9-11(8)16-6-15-9/h3-4,10,12-13H,1-2,5-6H2. The maximum Gasteiger partial charge on any atom is 0.231 e. The predicted octanol–water partition coefficient (Wildman–Crippen LogP) is 0.782. The van der Waals surface area contributed by atoms with Crippen molar-refractivity contribution >= 4 is 0 Å². The van der Waals surface area contributed by atoms with Crippen LogP contribution in [0.3, 0.4) is 0 Å². The fourth-order valence-electron chi connectivity index (χ4n) is 1.98. The van der Waals surface area contributed by atoms with E-state index in [1.54, 1.807) is 6.07 Å². The van der Waals surface area contributed by atoms with Crippen molar-refractivity contribution < 1.29 is 19.3 Å². The monoisotopic (exact) mass is 223 g/mol. The van der Waals surface area contributed by atoms with E-state index >= 15 is 0 Å². The number of benzene rings is 1. The summed E-state index contributed by atoms with van der Waals surface area (Å²) in [5, 5.41) is 13.0. The van der Waals surface area contributed by atoms with Gasteiger partial charge in [0.15, 0.2) is 11.5 Å². The van der Waals surface area contributed by atoms with Crippen LogP contribution in [-0.4, -0.2) is 31.6 Å². The number of phenolic OH excluding ortho intramolecular Hbond substituents is 1. The van der Waals surface area contributed by atoms with Gasteiger partial charge in [0.05, 0.1) is 12.7 Å². The van der Waals surface area contributed by atoms with Crippen molar-refractivity contribution in [2.75, 3.05) is 26.5 Å². The van der Waals surface area contributed by atoms with Gasteiger partial charge in [0.25, 0.3) is 0 Å². The van der Waals surface area contributed by atoms with Crippen LogP contribution in [0.5, 0.6) is 17.2 Å². The second-order valence-electron chi connectivity index (χ2n) is 3.84. The van der Waals surface area contributed by atoms with E-state index in [0.717, 1.165) is 18.7 Å². The number of morpholine rings is 1. The number of rotatable bonds is 1. The quantitative estimate of drug-likeness (QED) is 0.736. The first-order valence-corrected chi connectivity index (χ1v) is 5.29. The van der Waals surface area contributed by atoms with Gasteiger partial charge in [0.1, 0.15) is 0 Å². The Hall–Kier alpha value is -1.46. The van der Waals surface area contributed by atoms with Crippen molar-refractivity contribution in [3.8, 4) is 17.2 Å². The Labute approximate surface area is 92.9 Å². The van der Waals surface area contributed by atoms with Crippen LogP contribution in [0.4, 0.5) is 0 Å². The molecule has 0 aliphatic carbocycles. The summed E-state index contributed by atoms with van der Waals surface area (Å²) < 4.78 is 16.0. The Balaban J connectivity index is 1.92. The smallest absolute Gasteiger partial charge is 0.231 e. The maximum atomic E-state index is 9.76. The normalized spacial score (nSPS) is 23.4. The van der Waals surface area contributed by atoms with E-state index in [0.29, 0.717) is 18.1 Å². The SMILES string of the molecule is Oc1cc(C2CNCCO2)cc2c1OCO2. The molecule has 3 rings (SSSR count). The fourth-order valence-corrected chi connectivity index (χ4v) is 1.98. The van der Waals surface area contributed by atoms with Gasteiger partial charge in [-0.15, -0.1) is 0 Å². The molecule has 2 N–H and O–H groups in total. The van der Waals surface area contributed by atoms with Gasteiger partial charge in [0, 0.05) is 13.1 Å². The molecule has 1 aromatic carbocycles. The molecule has 16 heavy (non-hydrogen) atoms. The third-order valence-electron chi connectivity index (χ3n) is 2.77. The highest BCUT2D eigenvalue weighted by Gasteiger charge is 2.23. The van der Waals surface area contributed by atoms with E-state index in [9.17, 15) is 5.11 Å². The Kier molecular flexibility index (Phi) is 2.34. The van der Waals surface area contributed by atoms with E-state index in [1.807, 2.05) is 6.07 Å². The summed E-state index contributed by atoms with van der Waals surface area (Å²) in [6.45, 7) is 2.46. The molecule has 86 valence electrons. The predicted molar refractivity (Wildman–Crippen MR) is 55.8 cm³/mol. The number of nitrogens with one attached hydrogen (secondary N) is 1. The molecule has 2 heterocycles. The summed E-state index contributed by atoms with van der Waals surface area (Å²) in [5.41, 5.74) is 0.911. The van der Waals surface area contributed by atoms with Gasteiger partial charge in [-0.3, -0.25) is 0 Å². The van der Waals surface area contributed by atoms with Crippen LogP contribution in [-0.2, 0) is 4.74 Å². The molecule has 0 amide bonds. The highest BCUT2D eigenvalue weighted by atomic mass is 16.7. The van der Waals surface area contributed by atoms with Crippen molar-refractivity contribution in [2.24, 2.45) is 0 Å². The molecule has 1 fully saturated rings. The van der Waals surface area contributed by atoms with E-state index in [-0.39, 0.29) is 18.6 Å². The highest BCUT2D eigenvalue weighted by molar-refractivity contribution is 5.54. The summed E-state index contributed by atoms with van der Waals surface area (Å²) in [4.78, 5) is 0. The zero-order chi connectivity index (χ0) is 11.0. The number of hydrogen-bond donors (Lipinski definition) is 2. The second-order valence-corrected chi connectivity index (χ2v) is 3.84. The molecule has 0 aromatic heterocycles. The van der Waals surface area contributed by atoms with Gasteiger partial charge in [0.2, 0.25) is 12.5 Å². The number of hydrogen-bond acceptors (Lipinski definition) is 5. The molecule has 2 aliphatic rings. The molecule has 0 bridgehead atoms. The molecule has 2 aliphatic heterocycles. The lowest BCUT2D eigenvalue weighted by molar-refractivity contribution is 0.0275. The minimum atomic E-state index is -0.0332. The van der Waals surface area contributed by atoms with Crippen LogP contribution in [0.15, 0.2) is 12.1 Å². The average Bonchev–Trinajstić information content (AvgIpc) is 2.79. The van der Waals surface area contributed by atoms with Gasteiger partial charge in [-0.25, -0.2) is 0 Å². The third kappa shape index (κ3) is 1.58. The van der Waals surface area contributed by atoms with Crippen LogP contribution < -0.4 is 14.8 Å². The number of fused-ring (bicyclic) bond motifs is 1. The molecule has 1 atom stereocenters. The largest absolute Gasteiger partial charge is 0.504 e.